The number of benzene rings is 1. The Kier molecular flexibility index (Phi) is 4.25. The van der Waals surface area contributed by atoms with Gasteiger partial charge in [0.05, 0.1) is 27.0 Å². The second kappa shape index (κ2) is 6.12. The third-order valence-corrected chi connectivity index (χ3v) is 2.62. The summed E-state index contributed by atoms with van der Waals surface area (Å²) < 4.78 is 15.7. The van der Waals surface area contributed by atoms with Gasteiger partial charge in [0, 0.05) is 12.6 Å². The van der Waals surface area contributed by atoms with Crippen LogP contribution in [-0.4, -0.2) is 14.2 Å². The first-order valence-corrected chi connectivity index (χ1v) is 5.77. The standard InChI is InChI=1S/C14H17NO3/c1-16-13-6-11(7-14(8-13)17-2)9-15-10-12-4-3-5-18-12/h3-8,15H,9-10H2,1-2H3. The van der Waals surface area contributed by atoms with E-state index in [1.165, 1.54) is 0 Å². The molecule has 0 amide bonds. The molecule has 4 nitrogen and oxygen atoms in total. The van der Waals surface area contributed by atoms with Crippen molar-refractivity contribution in [2.24, 2.45) is 0 Å². The molecule has 2 aromatic rings. The van der Waals surface area contributed by atoms with Crippen molar-refractivity contribution >= 4 is 0 Å². The fourth-order valence-corrected chi connectivity index (χ4v) is 1.71. The van der Waals surface area contributed by atoms with E-state index in [-0.39, 0.29) is 0 Å². The maximum atomic E-state index is 5.25. The fourth-order valence-electron chi connectivity index (χ4n) is 1.71. The Labute approximate surface area is 107 Å². The molecule has 0 fully saturated rings. The molecule has 1 heterocycles. The molecule has 0 atom stereocenters. The first-order valence-electron chi connectivity index (χ1n) is 5.77. The lowest BCUT2D eigenvalue weighted by Gasteiger charge is -2.09. The van der Waals surface area contributed by atoms with Crippen molar-refractivity contribution in [1.82, 2.24) is 5.32 Å². The summed E-state index contributed by atoms with van der Waals surface area (Å²) in [7, 11) is 3.30. The van der Waals surface area contributed by atoms with E-state index < -0.39 is 0 Å². The molecule has 1 N–H and O–H groups in total. The number of furan rings is 1. The molecule has 0 bridgehead atoms. The van der Waals surface area contributed by atoms with Crippen LogP contribution in [0.15, 0.2) is 41.0 Å². The van der Waals surface area contributed by atoms with Gasteiger partial charge >= 0.3 is 0 Å². The quantitative estimate of drug-likeness (QED) is 0.852. The van der Waals surface area contributed by atoms with Gasteiger partial charge in [-0.25, -0.2) is 0 Å². The van der Waals surface area contributed by atoms with Crippen LogP contribution in [-0.2, 0) is 13.1 Å². The van der Waals surface area contributed by atoms with E-state index in [9.17, 15) is 0 Å². The van der Waals surface area contributed by atoms with Crippen LogP contribution in [0.1, 0.15) is 11.3 Å². The zero-order valence-corrected chi connectivity index (χ0v) is 10.6. The van der Waals surface area contributed by atoms with Crippen LogP contribution in [0.5, 0.6) is 11.5 Å². The van der Waals surface area contributed by atoms with Crippen LogP contribution in [0.4, 0.5) is 0 Å². The van der Waals surface area contributed by atoms with E-state index in [4.69, 9.17) is 13.9 Å². The van der Waals surface area contributed by atoms with Crippen molar-refractivity contribution in [3.8, 4) is 11.5 Å². The molecule has 0 unspecified atom stereocenters. The van der Waals surface area contributed by atoms with Gasteiger partial charge in [0.25, 0.3) is 0 Å². The Morgan fingerprint density at radius 1 is 1.06 bits per heavy atom. The van der Waals surface area contributed by atoms with Crippen LogP contribution in [0.2, 0.25) is 0 Å². The highest BCUT2D eigenvalue weighted by Crippen LogP contribution is 2.22. The van der Waals surface area contributed by atoms with Gasteiger partial charge in [0.15, 0.2) is 0 Å². The second-order valence-electron chi connectivity index (χ2n) is 3.90. The summed E-state index contributed by atoms with van der Waals surface area (Å²) in [5.41, 5.74) is 1.11. The zero-order valence-electron chi connectivity index (χ0n) is 10.6. The molecule has 0 aliphatic rings. The molecule has 0 saturated carbocycles. The minimum Gasteiger partial charge on any atom is -0.497 e. The topological polar surface area (TPSA) is 43.6 Å². The normalized spacial score (nSPS) is 10.3. The van der Waals surface area contributed by atoms with E-state index in [2.05, 4.69) is 5.32 Å². The molecule has 4 heteroatoms. The van der Waals surface area contributed by atoms with Gasteiger partial charge in [-0.1, -0.05) is 0 Å². The summed E-state index contributed by atoms with van der Waals surface area (Å²) in [6.07, 6.45) is 1.67. The maximum Gasteiger partial charge on any atom is 0.122 e. The molecule has 2 rings (SSSR count). The molecule has 1 aromatic carbocycles. The molecule has 1 aromatic heterocycles. The van der Waals surface area contributed by atoms with Crippen LogP contribution < -0.4 is 14.8 Å². The molecule has 0 aliphatic carbocycles. The molecule has 0 saturated heterocycles. The predicted octanol–water partition coefficient (Wildman–Crippen LogP) is 2.59. The van der Waals surface area contributed by atoms with Crippen molar-refractivity contribution in [3.05, 3.63) is 47.9 Å². The minimum absolute atomic E-state index is 0.701. The Morgan fingerprint density at radius 3 is 2.33 bits per heavy atom. The first kappa shape index (κ1) is 12.5. The Morgan fingerprint density at radius 2 is 1.78 bits per heavy atom. The van der Waals surface area contributed by atoms with Gasteiger partial charge in [-0.15, -0.1) is 0 Å². The van der Waals surface area contributed by atoms with Gasteiger partial charge in [0.1, 0.15) is 17.3 Å². The predicted molar refractivity (Wildman–Crippen MR) is 68.8 cm³/mol. The van der Waals surface area contributed by atoms with Crippen LogP contribution >= 0.6 is 0 Å². The molecular formula is C14H17NO3. The second-order valence-corrected chi connectivity index (χ2v) is 3.90. The van der Waals surface area contributed by atoms with Crippen LogP contribution in [0.3, 0.4) is 0 Å². The summed E-state index contributed by atoms with van der Waals surface area (Å²) in [6.45, 7) is 1.43. The fraction of sp³-hybridized carbons (Fsp3) is 0.286. The van der Waals surface area contributed by atoms with Crippen molar-refractivity contribution in [1.29, 1.82) is 0 Å². The first-order chi connectivity index (χ1) is 8.81. The van der Waals surface area contributed by atoms with Crippen LogP contribution in [0, 0.1) is 0 Å². The number of nitrogens with one attached hydrogen (secondary N) is 1. The van der Waals surface area contributed by atoms with E-state index in [0.29, 0.717) is 6.54 Å². The molecule has 0 spiro atoms. The Balaban J connectivity index is 1.95. The smallest absolute Gasteiger partial charge is 0.122 e. The maximum absolute atomic E-state index is 5.25. The highest BCUT2D eigenvalue weighted by Gasteiger charge is 2.02. The highest BCUT2D eigenvalue weighted by molar-refractivity contribution is 5.38. The number of hydrogen-bond acceptors (Lipinski definition) is 4. The molecular weight excluding hydrogens is 230 g/mol. The molecule has 0 aliphatic heterocycles. The van der Waals surface area contributed by atoms with Gasteiger partial charge in [-0.05, 0) is 29.8 Å². The SMILES string of the molecule is COc1cc(CNCc2ccco2)cc(OC)c1. The average Bonchev–Trinajstić information content (AvgIpc) is 2.91. The van der Waals surface area contributed by atoms with Gasteiger partial charge in [0.2, 0.25) is 0 Å². The Bertz CT molecular complexity index is 458. The summed E-state index contributed by atoms with van der Waals surface area (Å²) in [5.74, 6) is 2.51. The largest absolute Gasteiger partial charge is 0.497 e. The monoisotopic (exact) mass is 247 g/mol. The summed E-state index contributed by atoms with van der Waals surface area (Å²) in [5, 5.41) is 3.30. The number of hydrogen-bond donors (Lipinski definition) is 1. The molecule has 0 radical (unpaired) electrons. The Hall–Kier alpha value is -1.94. The summed E-state index contributed by atoms with van der Waals surface area (Å²) in [6, 6.07) is 9.65. The summed E-state index contributed by atoms with van der Waals surface area (Å²) in [4.78, 5) is 0. The highest BCUT2D eigenvalue weighted by atomic mass is 16.5. The zero-order chi connectivity index (χ0) is 12.8. The van der Waals surface area contributed by atoms with E-state index in [1.54, 1.807) is 20.5 Å². The summed E-state index contributed by atoms with van der Waals surface area (Å²) >= 11 is 0. The molecule has 96 valence electrons. The number of rotatable bonds is 6. The third kappa shape index (κ3) is 3.28. The lowest BCUT2D eigenvalue weighted by molar-refractivity contribution is 0.393. The molecule has 18 heavy (non-hydrogen) atoms. The lowest BCUT2D eigenvalue weighted by Crippen LogP contribution is -2.12. The van der Waals surface area contributed by atoms with Gasteiger partial charge < -0.3 is 19.2 Å². The van der Waals surface area contributed by atoms with Gasteiger partial charge in [-0.3, -0.25) is 0 Å². The van der Waals surface area contributed by atoms with E-state index >= 15 is 0 Å². The van der Waals surface area contributed by atoms with Crippen molar-refractivity contribution < 1.29 is 13.9 Å². The minimum atomic E-state index is 0.701. The van der Waals surface area contributed by atoms with E-state index in [0.717, 1.165) is 29.4 Å². The van der Waals surface area contributed by atoms with Gasteiger partial charge in [-0.2, -0.15) is 0 Å². The van der Waals surface area contributed by atoms with Crippen molar-refractivity contribution in [2.75, 3.05) is 14.2 Å². The average molecular weight is 247 g/mol. The number of methoxy groups -OCH3 is 2. The third-order valence-electron chi connectivity index (χ3n) is 2.62. The van der Waals surface area contributed by atoms with E-state index in [1.807, 2.05) is 30.3 Å². The van der Waals surface area contributed by atoms with Crippen molar-refractivity contribution in [3.63, 3.8) is 0 Å². The van der Waals surface area contributed by atoms with Crippen LogP contribution in [0.25, 0.3) is 0 Å². The van der Waals surface area contributed by atoms with Crippen molar-refractivity contribution in [2.45, 2.75) is 13.1 Å². The number of ether oxygens (including phenoxy) is 2. The lowest BCUT2D eigenvalue weighted by atomic mass is 10.2.